The van der Waals surface area contributed by atoms with Gasteiger partial charge >= 0.3 is 0 Å². The van der Waals surface area contributed by atoms with Crippen LogP contribution in [0.4, 0.5) is 10.2 Å². The second-order valence-electron chi connectivity index (χ2n) is 6.55. The molecular formula is C16H18FN3O2S. The summed E-state index contributed by atoms with van der Waals surface area (Å²) in [6, 6.07) is 5.52. The van der Waals surface area contributed by atoms with E-state index in [-0.39, 0.29) is 11.1 Å². The maximum absolute atomic E-state index is 13.3. The van der Waals surface area contributed by atoms with Gasteiger partial charge in [-0.2, -0.15) is 5.10 Å². The van der Waals surface area contributed by atoms with Gasteiger partial charge in [0.25, 0.3) is 5.91 Å². The smallest absolute Gasteiger partial charge is 0.256 e. The van der Waals surface area contributed by atoms with Crippen LogP contribution in [0.5, 0.6) is 0 Å². The molecule has 1 amide bonds. The van der Waals surface area contributed by atoms with Gasteiger partial charge in [0.2, 0.25) is 0 Å². The number of carbonyl (C=O) groups excluding carboxylic acids is 1. The van der Waals surface area contributed by atoms with Crippen LogP contribution < -0.4 is 5.32 Å². The molecule has 0 spiro atoms. The Hall–Kier alpha value is -2.02. The number of fused-ring (bicyclic) bond motifs is 1. The highest BCUT2D eigenvalue weighted by molar-refractivity contribution is 7.83. The Kier molecular flexibility index (Phi) is 3.83. The van der Waals surface area contributed by atoms with E-state index in [2.05, 4.69) is 10.4 Å². The van der Waals surface area contributed by atoms with E-state index in [1.807, 2.05) is 20.8 Å². The van der Waals surface area contributed by atoms with Gasteiger partial charge in [-0.15, -0.1) is 0 Å². The van der Waals surface area contributed by atoms with Crippen LogP contribution in [0.2, 0.25) is 0 Å². The number of anilines is 1. The van der Waals surface area contributed by atoms with Crippen LogP contribution in [-0.4, -0.2) is 19.9 Å². The first kappa shape index (κ1) is 15.9. The highest BCUT2D eigenvalue weighted by Crippen LogP contribution is 2.33. The third-order valence-corrected chi connectivity index (χ3v) is 4.83. The Morgan fingerprint density at radius 3 is 2.74 bits per heavy atom. The van der Waals surface area contributed by atoms with Crippen molar-refractivity contribution >= 4 is 22.5 Å². The van der Waals surface area contributed by atoms with Crippen molar-refractivity contribution in [1.82, 2.24) is 9.78 Å². The minimum Gasteiger partial charge on any atom is -0.306 e. The third-order valence-electron chi connectivity index (χ3n) is 3.62. The second kappa shape index (κ2) is 5.56. The lowest BCUT2D eigenvalue weighted by Crippen LogP contribution is -2.27. The van der Waals surface area contributed by atoms with Gasteiger partial charge in [-0.1, -0.05) is 6.07 Å². The standard InChI is InChI=1S/C16H18FN3O2S/c1-16(2,3)20-14(12-8-23(22)9-13(12)19-20)18-15(21)10-5-4-6-11(17)7-10/h4-7H,8-9H2,1-3H3,(H,18,21). The Morgan fingerprint density at radius 1 is 1.35 bits per heavy atom. The minimum absolute atomic E-state index is 0.236. The highest BCUT2D eigenvalue weighted by atomic mass is 32.2. The van der Waals surface area contributed by atoms with Gasteiger partial charge in [0.15, 0.2) is 0 Å². The number of nitrogens with one attached hydrogen (secondary N) is 1. The van der Waals surface area contributed by atoms with Gasteiger partial charge in [0, 0.05) is 21.9 Å². The lowest BCUT2D eigenvalue weighted by atomic mass is 10.1. The van der Waals surface area contributed by atoms with Crippen LogP contribution in [0.25, 0.3) is 0 Å². The number of rotatable bonds is 2. The summed E-state index contributed by atoms with van der Waals surface area (Å²) in [5.74, 6) is 0.460. The number of halogens is 1. The van der Waals surface area contributed by atoms with Crippen molar-refractivity contribution in [3.8, 4) is 0 Å². The summed E-state index contributed by atoms with van der Waals surface area (Å²) in [5.41, 5.74) is 1.46. The molecule has 0 saturated carbocycles. The van der Waals surface area contributed by atoms with Gasteiger partial charge in [0.1, 0.15) is 11.6 Å². The molecule has 1 aliphatic rings. The molecule has 23 heavy (non-hydrogen) atoms. The molecule has 1 aromatic carbocycles. The Labute approximate surface area is 136 Å². The fraction of sp³-hybridized carbons (Fsp3) is 0.375. The molecule has 2 heterocycles. The molecule has 1 aliphatic heterocycles. The van der Waals surface area contributed by atoms with Crippen molar-refractivity contribution < 1.29 is 13.4 Å². The maximum atomic E-state index is 13.3. The number of nitrogens with zero attached hydrogens (tertiary/aromatic N) is 2. The molecule has 0 fully saturated rings. The molecule has 0 radical (unpaired) electrons. The van der Waals surface area contributed by atoms with Gasteiger partial charge in [-0.3, -0.25) is 9.00 Å². The van der Waals surface area contributed by atoms with Gasteiger partial charge < -0.3 is 5.32 Å². The summed E-state index contributed by atoms with van der Waals surface area (Å²) < 4.78 is 26.8. The number of hydrogen-bond acceptors (Lipinski definition) is 3. The summed E-state index contributed by atoms with van der Waals surface area (Å²) in [5, 5.41) is 7.33. The average Bonchev–Trinajstić information content (AvgIpc) is 2.96. The molecule has 1 N–H and O–H groups in total. The summed E-state index contributed by atoms with van der Waals surface area (Å²) in [6.07, 6.45) is 0. The van der Waals surface area contributed by atoms with Crippen LogP contribution in [0.1, 0.15) is 42.4 Å². The third kappa shape index (κ3) is 3.06. The van der Waals surface area contributed by atoms with Crippen molar-refractivity contribution in [2.75, 3.05) is 5.32 Å². The van der Waals surface area contributed by atoms with E-state index in [1.54, 1.807) is 10.7 Å². The van der Waals surface area contributed by atoms with Gasteiger partial charge in [-0.25, -0.2) is 9.07 Å². The van der Waals surface area contributed by atoms with Crippen LogP contribution in [-0.2, 0) is 27.8 Å². The van der Waals surface area contributed by atoms with Crippen molar-refractivity contribution in [2.24, 2.45) is 0 Å². The monoisotopic (exact) mass is 335 g/mol. The first-order chi connectivity index (χ1) is 10.8. The van der Waals surface area contributed by atoms with Crippen LogP contribution in [0.3, 0.4) is 0 Å². The SMILES string of the molecule is CC(C)(C)n1nc2c(c1NC(=O)c1cccc(F)c1)CS(=O)C2. The molecule has 0 aliphatic carbocycles. The molecule has 3 rings (SSSR count). The quantitative estimate of drug-likeness (QED) is 0.918. The summed E-state index contributed by atoms with van der Waals surface area (Å²) >= 11 is 0. The molecule has 0 bridgehead atoms. The van der Waals surface area contributed by atoms with E-state index in [0.717, 1.165) is 11.3 Å². The van der Waals surface area contributed by atoms with E-state index in [1.165, 1.54) is 18.2 Å². The summed E-state index contributed by atoms with van der Waals surface area (Å²) in [7, 11) is -0.984. The zero-order valence-electron chi connectivity index (χ0n) is 13.2. The Balaban J connectivity index is 1.99. The Morgan fingerprint density at radius 2 is 2.09 bits per heavy atom. The van der Waals surface area contributed by atoms with Crippen molar-refractivity contribution in [1.29, 1.82) is 0 Å². The minimum atomic E-state index is -0.984. The molecule has 1 aromatic heterocycles. The fourth-order valence-electron chi connectivity index (χ4n) is 2.55. The molecule has 122 valence electrons. The van der Waals surface area contributed by atoms with Crippen LogP contribution >= 0.6 is 0 Å². The predicted octanol–water partition coefficient (Wildman–Crippen LogP) is 2.79. The normalized spacial score (nSPS) is 17.1. The second-order valence-corrected chi connectivity index (χ2v) is 8.01. The summed E-state index contributed by atoms with van der Waals surface area (Å²) in [4.78, 5) is 12.4. The number of benzene rings is 1. The molecular weight excluding hydrogens is 317 g/mol. The Bertz CT molecular complexity index is 808. The average molecular weight is 335 g/mol. The first-order valence-electron chi connectivity index (χ1n) is 7.29. The number of aromatic nitrogens is 2. The van der Waals surface area contributed by atoms with E-state index < -0.39 is 22.5 Å². The molecule has 0 saturated heterocycles. The fourth-order valence-corrected chi connectivity index (χ4v) is 3.82. The topological polar surface area (TPSA) is 64.0 Å². The molecule has 1 unspecified atom stereocenters. The number of hydrogen-bond donors (Lipinski definition) is 1. The van der Waals surface area contributed by atoms with Crippen LogP contribution in [0.15, 0.2) is 24.3 Å². The van der Waals surface area contributed by atoms with E-state index in [4.69, 9.17) is 0 Å². The zero-order valence-corrected chi connectivity index (χ0v) is 14.0. The highest BCUT2D eigenvalue weighted by Gasteiger charge is 2.31. The largest absolute Gasteiger partial charge is 0.306 e. The van der Waals surface area contributed by atoms with E-state index >= 15 is 0 Å². The molecule has 1 atom stereocenters. The van der Waals surface area contributed by atoms with E-state index in [0.29, 0.717) is 17.3 Å². The van der Waals surface area contributed by atoms with Gasteiger partial charge in [0.05, 0.1) is 22.7 Å². The van der Waals surface area contributed by atoms with Crippen molar-refractivity contribution in [2.45, 2.75) is 37.8 Å². The number of amides is 1. The van der Waals surface area contributed by atoms with Crippen molar-refractivity contribution in [3.05, 3.63) is 46.9 Å². The molecule has 5 nitrogen and oxygen atoms in total. The zero-order chi connectivity index (χ0) is 16.8. The van der Waals surface area contributed by atoms with E-state index in [9.17, 15) is 13.4 Å². The lowest BCUT2D eigenvalue weighted by Gasteiger charge is -2.23. The summed E-state index contributed by atoms with van der Waals surface area (Å²) in [6.45, 7) is 5.93. The van der Waals surface area contributed by atoms with Crippen LogP contribution in [0, 0.1) is 5.82 Å². The maximum Gasteiger partial charge on any atom is 0.256 e. The lowest BCUT2D eigenvalue weighted by molar-refractivity contribution is 0.102. The predicted molar refractivity (Wildman–Crippen MR) is 87.1 cm³/mol. The molecule has 2 aromatic rings. The number of carbonyl (C=O) groups is 1. The van der Waals surface area contributed by atoms with Gasteiger partial charge in [-0.05, 0) is 39.0 Å². The van der Waals surface area contributed by atoms with Crippen molar-refractivity contribution in [3.63, 3.8) is 0 Å². The first-order valence-corrected chi connectivity index (χ1v) is 8.77. The molecule has 7 heteroatoms.